The lowest BCUT2D eigenvalue weighted by Crippen LogP contribution is -2.31. The molecule has 1 aliphatic rings. The summed E-state index contributed by atoms with van der Waals surface area (Å²) >= 11 is 6.05. The van der Waals surface area contributed by atoms with Crippen LogP contribution in [0.25, 0.3) is 0 Å². The predicted molar refractivity (Wildman–Crippen MR) is 108 cm³/mol. The first-order chi connectivity index (χ1) is 12.6. The molecule has 1 aromatic carbocycles. The summed E-state index contributed by atoms with van der Waals surface area (Å²) in [7, 11) is 0. The summed E-state index contributed by atoms with van der Waals surface area (Å²) in [5.74, 6) is -0.489. The van der Waals surface area contributed by atoms with Crippen molar-refractivity contribution < 1.29 is 9.59 Å². The lowest BCUT2D eigenvalue weighted by molar-refractivity contribution is -0.121. The highest BCUT2D eigenvalue weighted by molar-refractivity contribution is 9.10. The number of nitrogens with zero attached hydrogens (tertiary/aromatic N) is 1. The molecule has 2 amide bonds. The average Bonchev–Trinajstić information content (AvgIpc) is 3.14. The van der Waals surface area contributed by atoms with Gasteiger partial charge in [0.15, 0.2) is 0 Å². The second kappa shape index (κ2) is 8.54. The average molecular weight is 448 g/mol. The van der Waals surface area contributed by atoms with Gasteiger partial charge in [0.1, 0.15) is 0 Å². The van der Waals surface area contributed by atoms with Gasteiger partial charge in [-0.15, -0.1) is 11.3 Å². The first kappa shape index (κ1) is 18.7. The van der Waals surface area contributed by atoms with Crippen LogP contribution in [0.5, 0.6) is 0 Å². The molecule has 0 saturated heterocycles. The largest absolute Gasteiger partial charge is 0.325 e. The van der Waals surface area contributed by atoms with Crippen LogP contribution in [0.3, 0.4) is 0 Å². The molecule has 8 heteroatoms. The molecule has 2 aromatic rings. The minimum absolute atomic E-state index is 0.102. The van der Waals surface area contributed by atoms with Gasteiger partial charge in [-0.1, -0.05) is 39.8 Å². The van der Waals surface area contributed by atoms with Gasteiger partial charge in [-0.25, -0.2) is 0 Å². The van der Waals surface area contributed by atoms with Crippen molar-refractivity contribution in [3.63, 3.8) is 0 Å². The van der Waals surface area contributed by atoms with Gasteiger partial charge in [-0.2, -0.15) is 5.26 Å². The lowest BCUT2D eigenvalue weighted by atomic mass is 9.93. The molecule has 26 heavy (non-hydrogen) atoms. The van der Waals surface area contributed by atoms with Crippen LogP contribution in [0, 0.1) is 11.3 Å². The predicted octanol–water partition coefficient (Wildman–Crippen LogP) is 4.22. The van der Waals surface area contributed by atoms with Crippen molar-refractivity contribution in [3.05, 3.63) is 61.7 Å². The second-order valence-corrected chi connectivity index (χ2v) is 8.40. The Kier molecular flexibility index (Phi) is 6.14. The zero-order valence-corrected chi connectivity index (χ0v) is 16.7. The third kappa shape index (κ3) is 4.55. The van der Waals surface area contributed by atoms with Crippen molar-refractivity contribution >= 4 is 56.5 Å². The molecule has 1 unspecified atom stereocenters. The number of allylic oxidation sites excluding steroid dienone is 1. The number of halogens is 1. The Morgan fingerprint density at radius 1 is 1.42 bits per heavy atom. The van der Waals surface area contributed by atoms with E-state index in [-0.39, 0.29) is 29.9 Å². The third-order valence-corrected chi connectivity index (χ3v) is 6.20. The van der Waals surface area contributed by atoms with E-state index < -0.39 is 0 Å². The molecule has 0 radical (unpaired) electrons. The quantitative estimate of drug-likeness (QED) is 0.718. The molecular weight excluding hydrogens is 434 g/mol. The summed E-state index contributed by atoms with van der Waals surface area (Å²) in [4.78, 5) is 25.2. The van der Waals surface area contributed by atoms with Crippen LogP contribution in [0.1, 0.15) is 17.2 Å². The first-order valence-corrected chi connectivity index (χ1v) is 10.4. The number of carbonyl (C=O) groups is 2. The van der Waals surface area contributed by atoms with E-state index in [1.165, 1.54) is 23.1 Å². The molecule has 0 spiro atoms. The van der Waals surface area contributed by atoms with Crippen LogP contribution in [-0.2, 0) is 9.59 Å². The van der Waals surface area contributed by atoms with Crippen molar-refractivity contribution in [3.8, 4) is 6.07 Å². The van der Waals surface area contributed by atoms with E-state index in [2.05, 4.69) is 32.6 Å². The summed E-state index contributed by atoms with van der Waals surface area (Å²) in [5, 5.41) is 17.5. The molecular formula is C18H14BrN3O2S2. The van der Waals surface area contributed by atoms with Crippen LogP contribution >= 0.6 is 39.0 Å². The van der Waals surface area contributed by atoms with Crippen molar-refractivity contribution in [2.24, 2.45) is 0 Å². The molecule has 0 saturated carbocycles. The number of rotatable bonds is 5. The highest BCUT2D eigenvalue weighted by atomic mass is 79.9. The highest BCUT2D eigenvalue weighted by Crippen LogP contribution is 2.37. The highest BCUT2D eigenvalue weighted by Gasteiger charge is 2.30. The van der Waals surface area contributed by atoms with E-state index >= 15 is 0 Å². The van der Waals surface area contributed by atoms with Crippen molar-refractivity contribution in [1.29, 1.82) is 5.26 Å². The van der Waals surface area contributed by atoms with Crippen LogP contribution in [0.15, 0.2) is 56.9 Å². The van der Waals surface area contributed by atoms with E-state index in [1.54, 1.807) is 12.1 Å². The molecule has 0 fully saturated rings. The molecule has 1 atom stereocenters. The number of anilines is 1. The topological polar surface area (TPSA) is 82.0 Å². The number of benzene rings is 1. The second-order valence-electron chi connectivity index (χ2n) is 5.52. The number of carbonyl (C=O) groups excluding carboxylic acids is 2. The zero-order chi connectivity index (χ0) is 18.5. The van der Waals surface area contributed by atoms with E-state index in [4.69, 9.17) is 0 Å². The van der Waals surface area contributed by atoms with Gasteiger partial charge in [0.05, 0.1) is 22.4 Å². The zero-order valence-electron chi connectivity index (χ0n) is 13.5. The smallest absolute Gasteiger partial charge is 0.234 e. The fourth-order valence-corrected chi connectivity index (χ4v) is 4.68. The van der Waals surface area contributed by atoms with Crippen LogP contribution in [0.2, 0.25) is 0 Å². The Bertz CT molecular complexity index is 903. The number of nitrogens with one attached hydrogen (secondary N) is 2. The fraction of sp³-hybridized carbons (Fsp3) is 0.167. The molecule has 132 valence electrons. The van der Waals surface area contributed by atoms with E-state index in [9.17, 15) is 14.9 Å². The van der Waals surface area contributed by atoms with Gasteiger partial charge in [-0.3, -0.25) is 9.59 Å². The maximum atomic E-state index is 12.2. The van der Waals surface area contributed by atoms with Gasteiger partial charge in [-0.05, 0) is 29.6 Å². The van der Waals surface area contributed by atoms with Crippen LogP contribution in [-0.4, -0.2) is 17.6 Å². The first-order valence-electron chi connectivity index (χ1n) is 7.72. The summed E-state index contributed by atoms with van der Waals surface area (Å²) in [5.41, 5.74) is 1.19. The van der Waals surface area contributed by atoms with Gasteiger partial charge in [0.2, 0.25) is 11.8 Å². The van der Waals surface area contributed by atoms with Gasteiger partial charge < -0.3 is 10.6 Å². The summed E-state index contributed by atoms with van der Waals surface area (Å²) in [6.45, 7) is 0. The maximum absolute atomic E-state index is 12.2. The number of nitriles is 1. The van der Waals surface area contributed by atoms with Crippen LogP contribution < -0.4 is 10.6 Å². The number of hydrogen-bond donors (Lipinski definition) is 2. The van der Waals surface area contributed by atoms with Gasteiger partial charge in [0, 0.05) is 27.4 Å². The van der Waals surface area contributed by atoms with Crippen molar-refractivity contribution in [2.75, 3.05) is 11.1 Å². The van der Waals surface area contributed by atoms with Crippen LogP contribution in [0.4, 0.5) is 5.69 Å². The number of hydrogen-bond acceptors (Lipinski definition) is 5. The lowest BCUT2D eigenvalue weighted by Gasteiger charge is -2.23. The number of thiophene rings is 1. The molecule has 3 rings (SSSR count). The molecule has 1 aromatic heterocycles. The Morgan fingerprint density at radius 3 is 2.96 bits per heavy atom. The Hall–Kier alpha value is -2.08. The minimum atomic E-state index is -0.246. The minimum Gasteiger partial charge on any atom is -0.325 e. The molecule has 5 nitrogen and oxygen atoms in total. The Labute approximate surface area is 167 Å². The standard InChI is InChI=1S/C18H14BrN3O2S2/c19-11-3-1-4-12(7-11)21-17(24)10-26-18-14(9-20)13(8-16(23)22-18)15-5-2-6-25-15/h1-7,13H,8,10H2,(H,21,24)(H,22,23). The van der Waals surface area contributed by atoms with Gasteiger partial charge >= 0.3 is 0 Å². The molecule has 2 heterocycles. The summed E-state index contributed by atoms with van der Waals surface area (Å²) in [6, 6.07) is 13.3. The number of amides is 2. The van der Waals surface area contributed by atoms with E-state index in [0.29, 0.717) is 16.3 Å². The molecule has 2 N–H and O–H groups in total. The molecule has 1 aliphatic heterocycles. The monoisotopic (exact) mass is 447 g/mol. The van der Waals surface area contributed by atoms with Crippen molar-refractivity contribution in [1.82, 2.24) is 5.32 Å². The Morgan fingerprint density at radius 2 is 2.27 bits per heavy atom. The summed E-state index contributed by atoms with van der Waals surface area (Å²) < 4.78 is 0.871. The normalized spacial score (nSPS) is 16.8. The Balaban J connectivity index is 1.71. The molecule has 0 bridgehead atoms. The summed E-state index contributed by atoms with van der Waals surface area (Å²) in [6.07, 6.45) is 0.248. The number of thioether (sulfide) groups is 1. The van der Waals surface area contributed by atoms with Crippen molar-refractivity contribution in [2.45, 2.75) is 12.3 Å². The fourth-order valence-electron chi connectivity index (χ4n) is 2.57. The maximum Gasteiger partial charge on any atom is 0.234 e. The van der Waals surface area contributed by atoms with Gasteiger partial charge in [0.25, 0.3) is 0 Å². The van der Waals surface area contributed by atoms with E-state index in [1.807, 2.05) is 29.6 Å². The molecule has 0 aliphatic carbocycles. The SMILES string of the molecule is N#CC1=C(SCC(=O)Nc2cccc(Br)c2)NC(=O)CC1c1cccs1. The van der Waals surface area contributed by atoms with E-state index in [0.717, 1.165) is 9.35 Å². The third-order valence-electron chi connectivity index (χ3n) is 3.70.